The molecule has 2 aromatic carbocycles. The van der Waals surface area contributed by atoms with Crippen LogP contribution in [-0.4, -0.2) is 31.5 Å². The number of benzene rings is 2. The van der Waals surface area contributed by atoms with Gasteiger partial charge in [-0.1, -0.05) is 29.5 Å². The number of hydrogen-bond donors (Lipinski definition) is 1. The van der Waals surface area contributed by atoms with Crippen molar-refractivity contribution in [1.82, 2.24) is 4.57 Å². The molecule has 2 aromatic heterocycles. The number of carbonyl (C=O) groups excluding carboxylic acids is 2. The van der Waals surface area contributed by atoms with Crippen LogP contribution in [0.15, 0.2) is 62.8 Å². The number of aromatic nitrogens is 1. The molecule has 0 bridgehead atoms. The van der Waals surface area contributed by atoms with E-state index >= 15 is 0 Å². The van der Waals surface area contributed by atoms with E-state index in [2.05, 4.69) is 4.99 Å². The van der Waals surface area contributed by atoms with Crippen LogP contribution >= 0.6 is 11.3 Å². The summed E-state index contributed by atoms with van der Waals surface area (Å²) in [7, 11) is -3.92. The van der Waals surface area contributed by atoms with Crippen LogP contribution in [0.2, 0.25) is 0 Å². The summed E-state index contributed by atoms with van der Waals surface area (Å²) >= 11 is 1.05. The zero-order chi connectivity index (χ0) is 22.2. The summed E-state index contributed by atoms with van der Waals surface area (Å²) in [6.07, 6.45) is 0. The van der Waals surface area contributed by atoms with Crippen LogP contribution in [0.1, 0.15) is 17.5 Å². The molecular weight excluding hydrogens is 442 g/mol. The third-order valence-electron chi connectivity index (χ3n) is 4.41. The number of sulfonamides is 1. The molecule has 160 valence electrons. The van der Waals surface area contributed by atoms with Gasteiger partial charge in [0, 0.05) is 5.39 Å². The Kier molecular flexibility index (Phi) is 5.48. The van der Waals surface area contributed by atoms with E-state index in [1.807, 2.05) is 12.1 Å². The average molecular weight is 460 g/mol. The number of amides is 1. The lowest BCUT2D eigenvalue weighted by Crippen LogP contribution is -2.23. The lowest BCUT2D eigenvalue weighted by Gasteiger charge is -2.05. The Morgan fingerprint density at radius 1 is 1.19 bits per heavy atom. The number of primary sulfonamides is 1. The minimum absolute atomic E-state index is 0.0477. The highest BCUT2D eigenvalue weighted by molar-refractivity contribution is 7.89. The van der Waals surface area contributed by atoms with Crippen LogP contribution in [0.3, 0.4) is 0 Å². The number of thiazole rings is 1. The highest BCUT2D eigenvalue weighted by atomic mass is 32.2. The second-order valence-corrected chi connectivity index (χ2v) is 9.09. The molecule has 4 rings (SSSR count). The summed E-state index contributed by atoms with van der Waals surface area (Å²) in [6.45, 7) is 1.68. The maximum absolute atomic E-state index is 12.8. The summed E-state index contributed by atoms with van der Waals surface area (Å²) in [6, 6.07) is 13.0. The molecule has 0 saturated carbocycles. The van der Waals surface area contributed by atoms with Crippen molar-refractivity contribution in [2.75, 3.05) is 6.61 Å². The number of carbonyl (C=O) groups is 2. The van der Waals surface area contributed by atoms with Crippen molar-refractivity contribution < 1.29 is 27.2 Å². The Morgan fingerprint density at radius 2 is 1.97 bits per heavy atom. The molecule has 1 amide bonds. The molecule has 4 aromatic rings. The number of nitrogens with zero attached hydrogens (tertiary/aromatic N) is 2. The molecule has 0 radical (unpaired) electrons. The zero-order valence-corrected chi connectivity index (χ0v) is 17.9. The van der Waals surface area contributed by atoms with Gasteiger partial charge in [-0.05, 0) is 37.3 Å². The van der Waals surface area contributed by atoms with Gasteiger partial charge in [-0.2, -0.15) is 4.99 Å². The summed E-state index contributed by atoms with van der Waals surface area (Å²) in [5, 5.41) is 5.97. The lowest BCUT2D eigenvalue weighted by molar-refractivity contribution is -0.143. The molecule has 0 atom stereocenters. The second-order valence-electron chi connectivity index (χ2n) is 6.52. The fraction of sp³-hybridized carbons (Fsp3) is 0.150. The molecule has 0 unspecified atom stereocenters. The predicted octanol–water partition coefficient (Wildman–Crippen LogP) is 2.40. The molecule has 31 heavy (non-hydrogen) atoms. The first kappa shape index (κ1) is 21.0. The minimum atomic E-state index is -3.92. The van der Waals surface area contributed by atoms with Crippen molar-refractivity contribution in [3.8, 4) is 0 Å². The Hall–Kier alpha value is -3.28. The molecule has 0 aliphatic carbocycles. The van der Waals surface area contributed by atoms with Crippen LogP contribution in [-0.2, 0) is 26.1 Å². The number of ether oxygens (including phenoxy) is 1. The van der Waals surface area contributed by atoms with Gasteiger partial charge in [-0.3, -0.25) is 9.59 Å². The molecule has 0 aliphatic rings. The Morgan fingerprint density at radius 3 is 2.68 bits per heavy atom. The first-order valence-corrected chi connectivity index (χ1v) is 11.5. The van der Waals surface area contributed by atoms with Gasteiger partial charge in [-0.25, -0.2) is 13.6 Å². The first-order chi connectivity index (χ1) is 14.8. The van der Waals surface area contributed by atoms with Crippen molar-refractivity contribution in [1.29, 1.82) is 0 Å². The van der Waals surface area contributed by atoms with E-state index in [1.165, 1.54) is 22.8 Å². The van der Waals surface area contributed by atoms with Crippen molar-refractivity contribution >= 4 is 54.4 Å². The number of esters is 1. The highest BCUT2D eigenvalue weighted by Crippen LogP contribution is 2.22. The van der Waals surface area contributed by atoms with Crippen molar-refractivity contribution in [3.05, 3.63) is 59.1 Å². The molecule has 0 spiro atoms. The number of nitrogens with two attached hydrogens (primary N) is 1. The summed E-state index contributed by atoms with van der Waals surface area (Å²) < 4.78 is 35.9. The van der Waals surface area contributed by atoms with E-state index in [9.17, 15) is 18.0 Å². The van der Waals surface area contributed by atoms with Gasteiger partial charge in [0.15, 0.2) is 10.6 Å². The molecule has 0 fully saturated rings. The SMILES string of the molecule is CCOC(=O)Cn1c(=NC(=O)c2cc3ccccc3o2)sc2cc(S(N)(=O)=O)ccc21. The monoisotopic (exact) mass is 459 g/mol. The summed E-state index contributed by atoms with van der Waals surface area (Å²) in [5.41, 5.74) is 1.07. The first-order valence-electron chi connectivity index (χ1n) is 9.15. The molecule has 0 saturated heterocycles. The second kappa shape index (κ2) is 8.10. The minimum Gasteiger partial charge on any atom is -0.465 e. The van der Waals surface area contributed by atoms with Gasteiger partial charge in [-0.15, -0.1) is 0 Å². The van der Waals surface area contributed by atoms with Crippen LogP contribution in [0.4, 0.5) is 0 Å². The molecule has 2 N–H and O–H groups in total. The molecule has 11 heteroatoms. The Labute approximate surface area is 180 Å². The van der Waals surface area contributed by atoms with E-state index in [0.29, 0.717) is 15.8 Å². The number of hydrogen-bond acceptors (Lipinski definition) is 7. The number of fused-ring (bicyclic) bond motifs is 2. The quantitative estimate of drug-likeness (QED) is 0.456. The fourth-order valence-corrected chi connectivity index (χ4v) is 4.72. The van der Waals surface area contributed by atoms with E-state index in [-0.39, 0.29) is 28.6 Å². The molecule has 9 nitrogen and oxygen atoms in total. The van der Waals surface area contributed by atoms with Gasteiger partial charge >= 0.3 is 11.9 Å². The lowest BCUT2D eigenvalue weighted by atomic mass is 10.2. The van der Waals surface area contributed by atoms with E-state index in [1.54, 1.807) is 25.1 Å². The number of para-hydroxylation sites is 1. The van der Waals surface area contributed by atoms with Gasteiger partial charge < -0.3 is 13.7 Å². The third-order valence-corrected chi connectivity index (χ3v) is 6.36. The molecule has 2 heterocycles. The Bertz CT molecular complexity index is 1460. The summed E-state index contributed by atoms with van der Waals surface area (Å²) in [5.74, 6) is -1.10. The van der Waals surface area contributed by atoms with Gasteiger partial charge in [0.2, 0.25) is 10.0 Å². The predicted molar refractivity (Wildman–Crippen MR) is 114 cm³/mol. The van der Waals surface area contributed by atoms with Gasteiger partial charge in [0.25, 0.3) is 0 Å². The fourth-order valence-electron chi connectivity index (χ4n) is 3.03. The summed E-state index contributed by atoms with van der Waals surface area (Å²) in [4.78, 5) is 29.1. The standard InChI is InChI=1S/C20H17N3O6S2/c1-2-28-18(24)11-23-14-8-7-13(31(21,26)27)10-17(14)30-20(23)22-19(25)16-9-12-5-3-4-6-15(12)29-16/h3-10H,2,11H2,1H3,(H2,21,26,27). The van der Waals surface area contributed by atoms with Crippen LogP contribution in [0.5, 0.6) is 0 Å². The van der Waals surface area contributed by atoms with Crippen molar-refractivity contribution in [2.24, 2.45) is 10.1 Å². The molecule has 0 aliphatic heterocycles. The topological polar surface area (TPSA) is 134 Å². The maximum atomic E-state index is 12.8. The number of furan rings is 1. The molecular formula is C20H17N3O6S2. The highest BCUT2D eigenvalue weighted by Gasteiger charge is 2.17. The van der Waals surface area contributed by atoms with Crippen molar-refractivity contribution in [2.45, 2.75) is 18.4 Å². The van der Waals surface area contributed by atoms with Crippen LogP contribution < -0.4 is 9.94 Å². The largest absolute Gasteiger partial charge is 0.465 e. The maximum Gasteiger partial charge on any atom is 0.326 e. The van der Waals surface area contributed by atoms with E-state index in [0.717, 1.165) is 16.7 Å². The normalized spacial score (nSPS) is 12.5. The smallest absolute Gasteiger partial charge is 0.326 e. The van der Waals surface area contributed by atoms with Crippen molar-refractivity contribution in [3.63, 3.8) is 0 Å². The average Bonchev–Trinajstić information content (AvgIpc) is 3.29. The van der Waals surface area contributed by atoms with Gasteiger partial charge in [0.05, 0.1) is 21.7 Å². The van der Waals surface area contributed by atoms with E-state index in [4.69, 9.17) is 14.3 Å². The van der Waals surface area contributed by atoms with E-state index < -0.39 is 21.9 Å². The zero-order valence-electron chi connectivity index (χ0n) is 16.3. The Balaban J connectivity index is 1.85. The number of rotatable bonds is 5. The van der Waals surface area contributed by atoms with Crippen LogP contribution in [0, 0.1) is 0 Å². The van der Waals surface area contributed by atoms with Crippen LogP contribution in [0.25, 0.3) is 21.2 Å². The third kappa shape index (κ3) is 4.29. The van der Waals surface area contributed by atoms with Gasteiger partial charge in [0.1, 0.15) is 12.1 Å².